The van der Waals surface area contributed by atoms with Gasteiger partial charge in [-0.15, -0.1) is 13.2 Å². The van der Waals surface area contributed by atoms with Crippen molar-refractivity contribution in [3.8, 4) is 0 Å². The number of likely N-dealkylation sites (tertiary alicyclic amines) is 1. The SMILES string of the molecule is CC1=CC(C(=O)N[C@H](C(=O)N2CCC[C@H]2C=O)C(C)C)C=CCC1OC(F)(F)F. The third-order valence-corrected chi connectivity index (χ3v) is 5.19. The lowest BCUT2D eigenvalue weighted by Gasteiger charge is -2.29. The second-order valence-corrected chi connectivity index (χ2v) is 7.76. The number of rotatable bonds is 6. The van der Waals surface area contributed by atoms with Gasteiger partial charge in [-0.1, -0.05) is 32.1 Å². The van der Waals surface area contributed by atoms with Crippen LogP contribution in [-0.4, -0.2) is 54.1 Å². The summed E-state index contributed by atoms with van der Waals surface area (Å²) < 4.78 is 41.7. The zero-order valence-electron chi connectivity index (χ0n) is 16.7. The van der Waals surface area contributed by atoms with Gasteiger partial charge >= 0.3 is 6.36 Å². The van der Waals surface area contributed by atoms with Crippen LogP contribution in [0.4, 0.5) is 13.2 Å². The number of hydrogen-bond acceptors (Lipinski definition) is 4. The Labute approximate surface area is 168 Å². The number of nitrogens with one attached hydrogen (secondary N) is 1. The molecular formula is C20H27F3N2O4. The summed E-state index contributed by atoms with van der Waals surface area (Å²) in [4.78, 5) is 38.3. The largest absolute Gasteiger partial charge is 0.523 e. The number of halogens is 3. The van der Waals surface area contributed by atoms with Gasteiger partial charge in [0.2, 0.25) is 11.8 Å². The maximum Gasteiger partial charge on any atom is 0.523 e. The molecule has 1 saturated heterocycles. The van der Waals surface area contributed by atoms with Crippen LogP contribution in [0.3, 0.4) is 0 Å². The van der Waals surface area contributed by atoms with Gasteiger partial charge in [0.1, 0.15) is 12.3 Å². The molecule has 0 radical (unpaired) electrons. The van der Waals surface area contributed by atoms with Gasteiger partial charge in [0.15, 0.2) is 0 Å². The molecule has 0 aromatic carbocycles. The molecule has 6 nitrogen and oxygen atoms in total. The minimum atomic E-state index is -4.77. The average Bonchev–Trinajstić information content (AvgIpc) is 3.03. The van der Waals surface area contributed by atoms with Gasteiger partial charge in [-0.3, -0.25) is 14.3 Å². The molecule has 2 unspecified atom stereocenters. The monoisotopic (exact) mass is 416 g/mol. The van der Waals surface area contributed by atoms with Gasteiger partial charge in [-0.2, -0.15) is 0 Å². The Morgan fingerprint density at radius 1 is 1.34 bits per heavy atom. The maximum absolute atomic E-state index is 12.9. The summed E-state index contributed by atoms with van der Waals surface area (Å²) >= 11 is 0. The van der Waals surface area contributed by atoms with E-state index in [0.717, 1.165) is 12.7 Å². The van der Waals surface area contributed by atoms with Crippen molar-refractivity contribution < 1.29 is 32.3 Å². The van der Waals surface area contributed by atoms with Gasteiger partial charge in [-0.05, 0) is 37.7 Å². The highest BCUT2D eigenvalue weighted by molar-refractivity contribution is 5.91. The van der Waals surface area contributed by atoms with Crippen LogP contribution in [0.1, 0.15) is 40.0 Å². The van der Waals surface area contributed by atoms with Gasteiger partial charge < -0.3 is 15.0 Å². The molecule has 1 N–H and O–H groups in total. The second kappa shape index (κ2) is 9.56. The molecule has 1 aliphatic carbocycles. The summed E-state index contributed by atoms with van der Waals surface area (Å²) in [6.07, 6.45) is 0.496. The summed E-state index contributed by atoms with van der Waals surface area (Å²) in [5.74, 6) is -1.84. The maximum atomic E-state index is 12.9. The number of aldehydes is 1. The lowest BCUT2D eigenvalue weighted by molar-refractivity contribution is -0.337. The normalized spacial score (nSPS) is 26.1. The minimum Gasteiger partial charge on any atom is -0.343 e. The van der Waals surface area contributed by atoms with E-state index in [2.05, 4.69) is 10.1 Å². The zero-order chi connectivity index (χ0) is 21.8. The van der Waals surface area contributed by atoms with E-state index < -0.39 is 36.4 Å². The number of hydrogen-bond donors (Lipinski definition) is 1. The Balaban J connectivity index is 2.11. The molecule has 2 aliphatic rings. The molecule has 9 heteroatoms. The molecule has 1 fully saturated rings. The van der Waals surface area contributed by atoms with Crippen molar-refractivity contribution in [3.63, 3.8) is 0 Å². The number of amides is 2. The molecule has 29 heavy (non-hydrogen) atoms. The first-order valence-corrected chi connectivity index (χ1v) is 9.69. The fourth-order valence-electron chi connectivity index (χ4n) is 3.60. The van der Waals surface area contributed by atoms with Gasteiger partial charge in [0.25, 0.3) is 0 Å². The Hall–Kier alpha value is -2.16. The van der Waals surface area contributed by atoms with Crippen molar-refractivity contribution in [2.75, 3.05) is 6.54 Å². The van der Waals surface area contributed by atoms with Crippen LogP contribution >= 0.6 is 0 Å². The van der Waals surface area contributed by atoms with Crippen molar-refractivity contribution >= 4 is 18.1 Å². The van der Waals surface area contributed by atoms with Crippen molar-refractivity contribution in [1.82, 2.24) is 10.2 Å². The molecule has 2 rings (SSSR count). The molecule has 162 valence electrons. The van der Waals surface area contributed by atoms with Crippen LogP contribution in [-0.2, 0) is 19.1 Å². The Bertz CT molecular complexity index is 688. The van der Waals surface area contributed by atoms with Gasteiger partial charge in [0, 0.05) is 6.54 Å². The smallest absolute Gasteiger partial charge is 0.343 e. The van der Waals surface area contributed by atoms with E-state index in [0.29, 0.717) is 18.5 Å². The third-order valence-electron chi connectivity index (χ3n) is 5.19. The van der Waals surface area contributed by atoms with Crippen LogP contribution < -0.4 is 5.32 Å². The van der Waals surface area contributed by atoms with Crippen molar-refractivity contribution in [3.05, 3.63) is 23.8 Å². The van der Waals surface area contributed by atoms with Gasteiger partial charge in [0.05, 0.1) is 18.1 Å². The van der Waals surface area contributed by atoms with Gasteiger partial charge in [-0.25, -0.2) is 0 Å². The summed E-state index contributed by atoms with van der Waals surface area (Å²) in [5, 5.41) is 2.71. The number of ether oxygens (including phenoxy) is 1. The van der Waals surface area contributed by atoms with Crippen LogP contribution in [0.2, 0.25) is 0 Å². The number of nitrogens with zero attached hydrogens (tertiary/aromatic N) is 1. The van der Waals surface area contributed by atoms with Crippen LogP contribution in [0.15, 0.2) is 23.8 Å². The molecule has 0 bridgehead atoms. The zero-order valence-corrected chi connectivity index (χ0v) is 16.7. The summed E-state index contributed by atoms with van der Waals surface area (Å²) in [5.41, 5.74) is 0.292. The molecule has 1 aliphatic heterocycles. The lowest BCUT2D eigenvalue weighted by Crippen LogP contribution is -2.53. The van der Waals surface area contributed by atoms with Crippen LogP contribution in [0.25, 0.3) is 0 Å². The van der Waals surface area contributed by atoms with E-state index in [1.807, 2.05) is 0 Å². The highest BCUT2D eigenvalue weighted by Gasteiger charge is 2.37. The fourth-order valence-corrected chi connectivity index (χ4v) is 3.60. The summed E-state index contributed by atoms with van der Waals surface area (Å²) in [7, 11) is 0. The fraction of sp³-hybridized carbons (Fsp3) is 0.650. The number of alkyl halides is 3. The Kier molecular flexibility index (Phi) is 7.62. The first-order valence-electron chi connectivity index (χ1n) is 9.69. The standard InChI is InChI=1S/C20H27F3N2O4/c1-12(2)17(19(28)25-9-5-7-15(25)11-26)24-18(27)14-6-4-8-16(13(3)10-14)29-20(21,22)23/h4,6,10-12,14-17H,5,7-9H2,1-3H3,(H,24,27)/t14?,15-,16?,17-/m0/s1. The first-order chi connectivity index (χ1) is 13.5. The van der Waals surface area contributed by atoms with Crippen molar-refractivity contribution in [2.24, 2.45) is 11.8 Å². The Morgan fingerprint density at radius 2 is 2.03 bits per heavy atom. The highest BCUT2D eigenvalue weighted by atomic mass is 19.4. The van der Waals surface area contributed by atoms with E-state index in [1.165, 1.54) is 30.1 Å². The van der Waals surface area contributed by atoms with Crippen molar-refractivity contribution in [2.45, 2.75) is 64.6 Å². The molecule has 0 aromatic rings. The molecule has 0 spiro atoms. The number of carbonyl (C=O) groups is 3. The van der Waals surface area contributed by atoms with Crippen LogP contribution in [0.5, 0.6) is 0 Å². The molecule has 1 heterocycles. The highest BCUT2D eigenvalue weighted by Crippen LogP contribution is 2.27. The van der Waals surface area contributed by atoms with Crippen molar-refractivity contribution in [1.29, 1.82) is 0 Å². The van der Waals surface area contributed by atoms with E-state index in [1.54, 1.807) is 13.8 Å². The second-order valence-electron chi connectivity index (χ2n) is 7.76. The van der Waals surface area contributed by atoms with E-state index >= 15 is 0 Å². The predicted octanol–water partition coefficient (Wildman–Crippen LogP) is 2.74. The molecular weight excluding hydrogens is 389 g/mol. The summed E-state index contributed by atoms with van der Waals surface area (Å²) in [6, 6.07) is -1.31. The quantitative estimate of drug-likeness (QED) is 0.534. The lowest BCUT2D eigenvalue weighted by atomic mass is 9.99. The Morgan fingerprint density at radius 3 is 2.62 bits per heavy atom. The van der Waals surface area contributed by atoms with E-state index in [9.17, 15) is 27.6 Å². The van der Waals surface area contributed by atoms with Crippen LogP contribution in [0, 0.1) is 11.8 Å². The predicted molar refractivity (Wildman–Crippen MR) is 99.5 cm³/mol. The van der Waals surface area contributed by atoms with E-state index in [4.69, 9.17) is 0 Å². The summed E-state index contributed by atoms with van der Waals surface area (Å²) in [6.45, 7) is 5.51. The minimum absolute atomic E-state index is 0.00699. The van der Waals surface area contributed by atoms with E-state index in [-0.39, 0.29) is 18.2 Å². The molecule has 2 amide bonds. The molecule has 0 aromatic heterocycles. The first kappa shape index (κ1) is 23.1. The third kappa shape index (κ3) is 6.16. The number of carbonyl (C=O) groups excluding carboxylic acids is 3. The molecule has 0 saturated carbocycles. The average molecular weight is 416 g/mol. The topological polar surface area (TPSA) is 75.7 Å². The molecule has 4 atom stereocenters.